The second-order valence-corrected chi connectivity index (χ2v) is 10.5. The molecule has 0 bridgehead atoms. The second kappa shape index (κ2) is 11.3. The maximum atomic E-state index is 13.5. The van der Waals surface area contributed by atoms with Gasteiger partial charge in [0.1, 0.15) is 22.7 Å². The average Bonchev–Trinajstić information content (AvgIpc) is 3.37. The summed E-state index contributed by atoms with van der Waals surface area (Å²) in [7, 11) is 0. The van der Waals surface area contributed by atoms with E-state index in [0.717, 1.165) is 17.7 Å². The molecule has 1 aliphatic rings. The number of rotatable bonds is 7. The molecule has 0 N–H and O–H groups in total. The molecule has 7 nitrogen and oxygen atoms in total. The van der Waals surface area contributed by atoms with E-state index in [9.17, 15) is 18.0 Å². The molecule has 0 spiro atoms. The van der Waals surface area contributed by atoms with Gasteiger partial charge in [-0.3, -0.25) is 4.79 Å². The highest BCUT2D eigenvalue weighted by molar-refractivity contribution is 5.98. The fourth-order valence-corrected chi connectivity index (χ4v) is 5.20. The number of hydrogen-bond donors (Lipinski definition) is 0. The van der Waals surface area contributed by atoms with Crippen LogP contribution in [0.25, 0.3) is 22.4 Å². The number of halogens is 3. The molecule has 1 amide bonds. The summed E-state index contributed by atoms with van der Waals surface area (Å²) in [6.07, 6.45) is -3.18. The Kier molecular flexibility index (Phi) is 7.78. The van der Waals surface area contributed by atoms with Gasteiger partial charge in [-0.05, 0) is 30.0 Å². The predicted octanol–water partition coefficient (Wildman–Crippen LogP) is 6.34. The summed E-state index contributed by atoms with van der Waals surface area (Å²) in [5.74, 6) is 1.32. The van der Waals surface area contributed by atoms with Gasteiger partial charge in [-0.25, -0.2) is 4.98 Å². The van der Waals surface area contributed by atoms with E-state index in [1.54, 1.807) is 6.07 Å². The van der Waals surface area contributed by atoms with Crippen LogP contribution >= 0.6 is 0 Å². The first-order chi connectivity index (χ1) is 19.2. The Labute approximate surface area is 231 Å². The highest BCUT2D eigenvalue weighted by atomic mass is 19.4. The molecule has 1 aliphatic heterocycles. The fourth-order valence-electron chi connectivity index (χ4n) is 5.20. The van der Waals surface area contributed by atoms with Gasteiger partial charge >= 0.3 is 6.18 Å². The third-order valence-electron chi connectivity index (χ3n) is 7.22. The quantitative estimate of drug-likeness (QED) is 0.267. The minimum Gasteiger partial charge on any atom is -0.352 e. The van der Waals surface area contributed by atoms with Crippen LogP contribution in [0.1, 0.15) is 50.1 Å². The van der Waals surface area contributed by atoms with Crippen LogP contribution in [0, 0.1) is 5.92 Å². The molecule has 2 aromatic carbocycles. The van der Waals surface area contributed by atoms with E-state index in [1.807, 2.05) is 42.2 Å². The number of benzene rings is 2. The molecule has 0 radical (unpaired) electrons. The second-order valence-electron chi connectivity index (χ2n) is 10.5. The smallest absolute Gasteiger partial charge is 0.352 e. The molecule has 40 heavy (non-hydrogen) atoms. The number of fused-ring (bicyclic) bond motifs is 1. The van der Waals surface area contributed by atoms with Crippen molar-refractivity contribution >= 4 is 22.8 Å². The van der Waals surface area contributed by atoms with Crippen LogP contribution in [-0.4, -0.2) is 52.1 Å². The van der Waals surface area contributed by atoms with E-state index in [2.05, 4.69) is 28.9 Å². The number of anilines is 1. The lowest BCUT2D eigenvalue weighted by atomic mass is 9.95. The first kappa shape index (κ1) is 27.6. The summed E-state index contributed by atoms with van der Waals surface area (Å²) in [6, 6.07) is 14.8. The van der Waals surface area contributed by atoms with Gasteiger partial charge in [0, 0.05) is 38.2 Å². The van der Waals surface area contributed by atoms with E-state index < -0.39 is 11.7 Å². The lowest BCUT2D eigenvalue weighted by Crippen LogP contribution is -2.50. The van der Waals surface area contributed by atoms with Crippen LogP contribution in [0.5, 0.6) is 0 Å². The molecule has 0 saturated carbocycles. The molecule has 5 rings (SSSR count). The van der Waals surface area contributed by atoms with E-state index in [0.29, 0.717) is 56.0 Å². The Morgan fingerprint density at radius 2 is 1.73 bits per heavy atom. The molecule has 2 aromatic heterocycles. The van der Waals surface area contributed by atoms with Crippen molar-refractivity contribution in [3.05, 3.63) is 71.5 Å². The van der Waals surface area contributed by atoms with Crippen molar-refractivity contribution in [3.8, 4) is 11.3 Å². The predicted molar refractivity (Wildman–Crippen MR) is 147 cm³/mol. The SMILES string of the molecule is CCC(C(=O)N1CCN(c2nc(CC(C)C)nc3onc(-c4cccc(C(F)(F)F)c4)c23)CC1)c1ccccc1. The van der Waals surface area contributed by atoms with Crippen molar-refractivity contribution in [2.75, 3.05) is 31.1 Å². The summed E-state index contributed by atoms with van der Waals surface area (Å²) in [5.41, 5.74) is 1.01. The van der Waals surface area contributed by atoms with E-state index in [-0.39, 0.29) is 34.7 Å². The molecule has 4 aromatic rings. The molecule has 3 heterocycles. The molecule has 1 saturated heterocycles. The highest BCUT2D eigenvalue weighted by Gasteiger charge is 2.33. The molecular weight excluding hydrogens is 519 g/mol. The molecule has 210 valence electrons. The fraction of sp³-hybridized carbons (Fsp3) is 0.400. The van der Waals surface area contributed by atoms with E-state index in [4.69, 9.17) is 9.51 Å². The Hall–Kier alpha value is -3.95. The van der Waals surface area contributed by atoms with Crippen LogP contribution in [-0.2, 0) is 17.4 Å². The number of piperazine rings is 1. The summed E-state index contributed by atoms with van der Waals surface area (Å²) in [4.78, 5) is 26.8. The molecule has 1 atom stereocenters. The topological polar surface area (TPSA) is 75.4 Å². The third-order valence-corrected chi connectivity index (χ3v) is 7.22. The number of alkyl halides is 3. The van der Waals surface area contributed by atoms with Crippen LogP contribution < -0.4 is 4.90 Å². The van der Waals surface area contributed by atoms with Crippen molar-refractivity contribution in [2.45, 2.75) is 45.7 Å². The first-order valence-electron chi connectivity index (χ1n) is 13.6. The van der Waals surface area contributed by atoms with Gasteiger partial charge in [-0.2, -0.15) is 18.2 Å². The zero-order valence-corrected chi connectivity index (χ0v) is 22.8. The molecule has 1 fully saturated rings. The van der Waals surface area contributed by atoms with Crippen molar-refractivity contribution in [1.29, 1.82) is 0 Å². The maximum Gasteiger partial charge on any atom is 0.416 e. The third kappa shape index (κ3) is 5.66. The Balaban J connectivity index is 1.47. The van der Waals surface area contributed by atoms with Gasteiger partial charge in [0.25, 0.3) is 5.71 Å². The summed E-state index contributed by atoms with van der Waals surface area (Å²) < 4.78 is 45.9. The highest BCUT2D eigenvalue weighted by Crippen LogP contribution is 2.37. The molecule has 10 heteroatoms. The van der Waals surface area contributed by atoms with Crippen LogP contribution in [0.2, 0.25) is 0 Å². The normalized spacial score (nSPS) is 15.2. The van der Waals surface area contributed by atoms with E-state index >= 15 is 0 Å². The summed E-state index contributed by atoms with van der Waals surface area (Å²) in [6.45, 7) is 8.15. The molecular formula is C30H32F3N5O2. The Morgan fingerprint density at radius 3 is 2.38 bits per heavy atom. The van der Waals surface area contributed by atoms with Crippen LogP contribution in [0.3, 0.4) is 0 Å². The zero-order valence-electron chi connectivity index (χ0n) is 22.8. The van der Waals surface area contributed by atoms with Gasteiger partial charge in [0.15, 0.2) is 0 Å². The largest absolute Gasteiger partial charge is 0.416 e. The van der Waals surface area contributed by atoms with Gasteiger partial charge in [-0.15, -0.1) is 0 Å². The van der Waals surface area contributed by atoms with Crippen molar-refractivity contribution in [2.24, 2.45) is 5.92 Å². The number of carbonyl (C=O) groups is 1. The molecule has 0 aliphatic carbocycles. The van der Waals surface area contributed by atoms with E-state index in [1.165, 1.54) is 6.07 Å². The van der Waals surface area contributed by atoms with Gasteiger partial charge in [0.05, 0.1) is 11.5 Å². The maximum absolute atomic E-state index is 13.5. The summed E-state index contributed by atoms with van der Waals surface area (Å²) >= 11 is 0. The lowest BCUT2D eigenvalue weighted by molar-refractivity contribution is -0.137. The van der Waals surface area contributed by atoms with Crippen molar-refractivity contribution in [1.82, 2.24) is 20.0 Å². The minimum atomic E-state index is -4.49. The zero-order chi connectivity index (χ0) is 28.4. The van der Waals surface area contributed by atoms with Crippen molar-refractivity contribution < 1.29 is 22.5 Å². The number of aromatic nitrogens is 3. The Morgan fingerprint density at radius 1 is 1.00 bits per heavy atom. The average molecular weight is 552 g/mol. The number of amides is 1. The van der Waals surface area contributed by atoms with Gasteiger partial charge < -0.3 is 14.3 Å². The van der Waals surface area contributed by atoms with Crippen LogP contribution in [0.4, 0.5) is 19.0 Å². The standard InChI is InChI=1S/C30H32F3N5O2/c1-4-23(20-9-6-5-7-10-20)29(39)38-15-13-37(14-16-38)27-25-26(21-11-8-12-22(18-21)30(31,32)33)36-40-28(25)35-24(34-27)17-19(2)3/h5-12,18-19,23H,4,13-17H2,1-3H3. The van der Waals surface area contributed by atoms with Crippen LogP contribution in [0.15, 0.2) is 59.1 Å². The monoisotopic (exact) mass is 551 g/mol. The number of nitrogens with zero attached hydrogens (tertiary/aromatic N) is 5. The minimum absolute atomic E-state index is 0.0938. The lowest BCUT2D eigenvalue weighted by Gasteiger charge is -2.37. The Bertz CT molecular complexity index is 1480. The molecule has 1 unspecified atom stereocenters. The number of carbonyl (C=O) groups excluding carboxylic acids is 1. The number of hydrogen-bond acceptors (Lipinski definition) is 6. The van der Waals surface area contributed by atoms with Gasteiger partial charge in [-0.1, -0.05) is 68.4 Å². The van der Waals surface area contributed by atoms with Gasteiger partial charge in [0.2, 0.25) is 5.91 Å². The van der Waals surface area contributed by atoms with Crippen molar-refractivity contribution in [3.63, 3.8) is 0 Å². The summed E-state index contributed by atoms with van der Waals surface area (Å²) in [5, 5.41) is 4.61. The first-order valence-corrected chi connectivity index (χ1v) is 13.6.